The summed E-state index contributed by atoms with van der Waals surface area (Å²) in [6.07, 6.45) is -2.92. The van der Waals surface area contributed by atoms with Gasteiger partial charge in [-0.3, -0.25) is 4.79 Å². The normalized spacial score (nSPS) is 19.5. The first kappa shape index (κ1) is 33.0. The third-order valence-corrected chi connectivity index (χ3v) is 10.1. The fraction of sp³-hybridized carbons (Fsp3) is 0.375. The van der Waals surface area contributed by atoms with Crippen molar-refractivity contribution >= 4 is 21.4 Å². The smallest absolute Gasteiger partial charge is 0.395 e. The van der Waals surface area contributed by atoms with E-state index in [1.807, 2.05) is 4.90 Å². The maximum Gasteiger partial charge on any atom is 0.586 e. The summed E-state index contributed by atoms with van der Waals surface area (Å²) in [7, 11) is -3.48. The number of alkyl halides is 4. The van der Waals surface area contributed by atoms with Gasteiger partial charge in [-0.25, -0.2) is 8.42 Å². The minimum absolute atomic E-state index is 0.0774. The molecule has 0 unspecified atom stereocenters. The standard InChI is InChI=1S/C32H31F4N3O6S/c1-2-46(41,42)24-9-4-19(5-10-24)25(13-14-37)27-16-22(8-11-26(27)30(38)40)39-17-21(3-7-23(39)18-43-31(33)34)20-6-12-28-29(15-20)45-32(35,36)44-28/h4-6,8-12,15-16,21,23,25,31H,2-3,7,13,17-18H2,1H3,(H2,38,40)/t21-,23+,25+/m1/s1. The van der Waals surface area contributed by atoms with Crippen molar-refractivity contribution in [2.45, 2.75) is 61.9 Å². The van der Waals surface area contributed by atoms with Crippen molar-refractivity contribution in [1.29, 1.82) is 5.26 Å². The highest BCUT2D eigenvalue weighted by Crippen LogP contribution is 2.44. The Balaban J connectivity index is 1.53. The number of amides is 1. The van der Waals surface area contributed by atoms with Crippen LogP contribution in [0, 0.1) is 11.3 Å². The second kappa shape index (κ2) is 13.2. The zero-order chi connectivity index (χ0) is 33.2. The van der Waals surface area contributed by atoms with Crippen LogP contribution in [0.3, 0.4) is 0 Å². The van der Waals surface area contributed by atoms with Crippen molar-refractivity contribution < 1.29 is 45.0 Å². The Bertz CT molecular complexity index is 1750. The molecule has 2 aliphatic heterocycles. The van der Waals surface area contributed by atoms with E-state index in [0.717, 1.165) is 0 Å². The molecule has 3 atom stereocenters. The average molecular weight is 662 g/mol. The Morgan fingerprint density at radius 1 is 1.09 bits per heavy atom. The lowest BCUT2D eigenvalue weighted by Crippen LogP contribution is -2.45. The zero-order valence-corrected chi connectivity index (χ0v) is 25.5. The lowest BCUT2D eigenvalue weighted by molar-refractivity contribution is -0.286. The Morgan fingerprint density at radius 2 is 1.80 bits per heavy atom. The van der Waals surface area contributed by atoms with Crippen LogP contribution in [0.1, 0.15) is 65.1 Å². The van der Waals surface area contributed by atoms with Gasteiger partial charge in [0.15, 0.2) is 21.3 Å². The number of hydrogen-bond donors (Lipinski definition) is 1. The molecule has 46 heavy (non-hydrogen) atoms. The molecular weight excluding hydrogens is 630 g/mol. The van der Waals surface area contributed by atoms with Crippen LogP contribution in [0.5, 0.6) is 11.5 Å². The number of halogens is 4. The Labute approximate surface area is 263 Å². The SMILES string of the molecule is CCS(=O)(=O)c1ccc([C@H](CC#N)c2cc(N3C[C@H](c4ccc5c(c4)OC(F)(F)O5)CC[C@H]3COC(F)F)ccc2C(N)=O)cc1. The maximum absolute atomic E-state index is 13.6. The highest BCUT2D eigenvalue weighted by Gasteiger charge is 2.44. The van der Waals surface area contributed by atoms with Gasteiger partial charge in [0.25, 0.3) is 0 Å². The zero-order valence-electron chi connectivity index (χ0n) is 24.7. The molecule has 3 aromatic carbocycles. The van der Waals surface area contributed by atoms with E-state index >= 15 is 0 Å². The molecule has 1 amide bonds. The van der Waals surface area contributed by atoms with E-state index in [-0.39, 0.29) is 53.2 Å². The molecule has 0 radical (unpaired) electrons. The van der Waals surface area contributed by atoms with Crippen molar-refractivity contribution in [3.63, 3.8) is 0 Å². The Hall–Kier alpha value is -4.35. The molecule has 0 aliphatic carbocycles. The summed E-state index contributed by atoms with van der Waals surface area (Å²) in [5.74, 6) is -1.96. The molecule has 9 nitrogen and oxygen atoms in total. The Kier molecular flexibility index (Phi) is 9.46. The lowest BCUT2D eigenvalue weighted by Gasteiger charge is -2.41. The van der Waals surface area contributed by atoms with Gasteiger partial charge in [-0.1, -0.05) is 25.1 Å². The first-order valence-corrected chi connectivity index (χ1v) is 16.2. The summed E-state index contributed by atoms with van der Waals surface area (Å²) in [5, 5.41) is 9.73. The van der Waals surface area contributed by atoms with Gasteiger partial charge in [0, 0.05) is 36.1 Å². The minimum atomic E-state index is -3.78. The van der Waals surface area contributed by atoms with Crippen LogP contribution < -0.4 is 20.1 Å². The van der Waals surface area contributed by atoms with Crippen LogP contribution in [0.2, 0.25) is 0 Å². The van der Waals surface area contributed by atoms with Crippen LogP contribution >= 0.6 is 0 Å². The van der Waals surface area contributed by atoms with Crippen molar-refractivity contribution in [2.24, 2.45) is 5.73 Å². The fourth-order valence-electron chi connectivity index (χ4n) is 6.01. The number of sulfone groups is 1. The van der Waals surface area contributed by atoms with E-state index in [1.54, 1.807) is 30.3 Å². The van der Waals surface area contributed by atoms with Crippen LogP contribution in [0.4, 0.5) is 23.2 Å². The van der Waals surface area contributed by atoms with E-state index in [9.17, 15) is 36.0 Å². The lowest BCUT2D eigenvalue weighted by atomic mass is 9.84. The summed E-state index contributed by atoms with van der Waals surface area (Å²) in [6, 6.07) is 17.0. The first-order chi connectivity index (χ1) is 21.8. The topological polar surface area (TPSA) is 132 Å². The third-order valence-electron chi connectivity index (χ3n) is 8.34. The maximum atomic E-state index is 13.6. The van der Waals surface area contributed by atoms with Gasteiger partial charge in [-0.15, -0.1) is 8.78 Å². The van der Waals surface area contributed by atoms with Gasteiger partial charge >= 0.3 is 12.9 Å². The summed E-state index contributed by atoms with van der Waals surface area (Å²) >= 11 is 0. The van der Waals surface area contributed by atoms with Gasteiger partial charge in [0.2, 0.25) is 5.91 Å². The molecule has 0 bridgehead atoms. The van der Waals surface area contributed by atoms with Crippen LogP contribution in [0.25, 0.3) is 0 Å². The quantitative estimate of drug-likeness (QED) is 0.250. The molecule has 0 saturated carbocycles. The number of primary amides is 1. The Morgan fingerprint density at radius 3 is 2.46 bits per heavy atom. The van der Waals surface area contributed by atoms with Gasteiger partial charge in [-0.05, 0) is 72.0 Å². The highest BCUT2D eigenvalue weighted by atomic mass is 32.2. The molecule has 0 spiro atoms. The number of piperidine rings is 1. The largest absolute Gasteiger partial charge is 0.586 e. The fourth-order valence-corrected chi connectivity index (χ4v) is 6.89. The number of rotatable bonds is 11. The van der Waals surface area contributed by atoms with Gasteiger partial charge < -0.3 is 24.8 Å². The molecule has 14 heteroatoms. The van der Waals surface area contributed by atoms with Crippen molar-refractivity contribution in [1.82, 2.24) is 0 Å². The molecule has 0 aromatic heterocycles. The second-order valence-corrected chi connectivity index (χ2v) is 13.3. The average Bonchev–Trinajstić information content (AvgIpc) is 3.35. The molecule has 1 saturated heterocycles. The van der Waals surface area contributed by atoms with E-state index in [4.69, 9.17) is 10.5 Å². The van der Waals surface area contributed by atoms with E-state index < -0.39 is 40.6 Å². The number of carbonyl (C=O) groups excluding carboxylic acids is 1. The minimum Gasteiger partial charge on any atom is -0.395 e. The summed E-state index contributed by atoms with van der Waals surface area (Å²) in [4.78, 5) is 14.5. The predicted octanol–water partition coefficient (Wildman–Crippen LogP) is 5.94. The molecule has 5 rings (SSSR count). The van der Waals surface area contributed by atoms with Crippen LogP contribution in [-0.2, 0) is 14.6 Å². The van der Waals surface area contributed by atoms with Gasteiger partial charge in [0.05, 0.1) is 29.4 Å². The highest BCUT2D eigenvalue weighted by molar-refractivity contribution is 7.91. The van der Waals surface area contributed by atoms with Crippen molar-refractivity contribution in [3.05, 3.63) is 82.9 Å². The number of nitriles is 1. The number of nitrogens with two attached hydrogens (primary N) is 1. The molecule has 3 aromatic rings. The monoisotopic (exact) mass is 661 g/mol. The molecule has 1 fully saturated rings. The van der Waals surface area contributed by atoms with Crippen molar-refractivity contribution in [3.8, 4) is 17.6 Å². The van der Waals surface area contributed by atoms with Crippen LogP contribution in [0.15, 0.2) is 65.6 Å². The summed E-state index contributed by atoms with van der Waals surface area (Å²) in [6.45, 7) is -1.50. The number of carbonyl (C=O) groups is 1. The number of benzene rings is 3. The molecule has 2 N–H and O–H groups in total. The number of hydrogen-bond acceptors (Lipinski definition) is 8. The summed E-state index contributed by atoms with van der Waals surface area (Å²) < 4.78 is 92.1. The molecule has 2 aliphatic rings. The molecule has 2 heterocycles. The van der Waals surface area contributed by atoms with Crippen LogP contribution in [-0.4, -0.2) is 52.2 Å². The van der Waals surface area contributed by atoms with Crippen molar-refractivity contribution in [2.75, 3.05) is 23.8 Å². The second-order valence-electron chi connectivity index (χ2n) is 11.1. The number of nitrogens with zero attached hydrogens (tertiary/aromatic N) is 2. The van der Waals surface area contributed by atoms with E-state index in [1.165, 1.54) is 37.3 Å². The molecular formula is C32H31F4N3O6S. The van der Waals surface area contributed by atoms with Gasteiger partial charge in [-0.2, -0.15) is 14.0 Å². The molecule has 244 valence electrons. The predicted molar refractivity (Wildman–Crippen MR) is 159 cm³/mol. The number of anilines is 1. The summed E-state index contributed by atoms with van der Waals surface area (Å²) in [5.41, 5.74) is 8.06. The number of fused-ring (bicyclic) bond motifs is 1. The van der Waals surface area contributed by atoms with E-state index in [2.05, 4.69) is 15.5 Å². The first-order valence-electron chi connectivity index (χ1n) is 14.5. The number of ether oxygens (including phenoxy) is 3. The van der Waals surface area contributed by atoms with Gasteiger partial charge in [0.1, 0.15) is 0 Å². The van der Waals surface area contributed by atoms with E-state index in [0.29, 0.717) is 35.2 Å². The third kappa shape index (κ3) is 7.05.